The van der Waals surface area contributed by atoms with Gasteiger partial charge in [0.05, 0.1) is 17.4 Å². The number of benzene rings is 3. The number of hydrazone groups is 1. The molecule has 0 bridgehead atoms. The number of halogens is 2. The van der Waals surface area contributed by atoms with E-state index in [1.165, 1.54) is 10.0 Å². The quantitative estimate of drug-likeness (QED) is 0.325. The van der Waals surface area contributed by atoms with E-state index in [2.05, 4.69) is 16.4 Å². The summed E-state index contributed by atoms with van der Waals surface area (Å²) in [6.45, 7) is -0.254. The Hall–Kier alpha value is -4.34. The van der Waals surface area contributed by atoms with E-state index < -0.39 is 23.9 Å². The standard InChI is InChI=1S/C32H26Cl2N6O3/c33-22-13-9-19(10-14-22)17-21-5-4-8-25-27(21)36-40(29(25)20-11-15-23(34)16-12-20)26(41)18-38-30-28(35-37-38)31(42)39(32(30)43)24-6-2-1-3-7-24/h1-3,6-7,9-17,25,28-30H,4-5,8,18H2/b21-17-. The monoisotopic (exact) mass is 612 g/mol. The van der Waals surface area contributed by atoms with Gasteiger partial charge in [-0.1, -0.05) is 70.9 Å². The average Bonchev–Trinajstić information content (AvgIpc) is 3.68. The molecule has 1 aliphatic carbocycles. The highest BCUT2D eigenvalue weighted by atomic mass is 35.5. The molecule has 11 heteroatoms. The van der Waals surface area contributed by atoms with Gasteiger partial charge in [-0.25, -0.2) is 9.91 Å². The van der Waals surface area contributed by atoms with Gasteiger partial charge in [-0.3, -0.25) is 19.4 Å². The maximum Gasteiger partial charge on any atom is 0.264 e. The minimum absolute atomic E-state index is 0.0198. The van der Waals surface area contributed by atoms with Crippen LogP contribution in [0.3, 0.4) is 0 Å². The minimum atomic E-state index is -0.992. The summed E-state index contributed by atoms with van der Waals surface area (Å²) in [4.78, 5) is 41.7. The zero-order valence-electron chi connectivity index (χ0n) is 22.9. The van der Waals surface area contributed by atoms with Crippen molar-refractivity contribution in [3.8, 4) is 0 Å². The molecule has 0 radical (unpaired) electrons. The highest BCUT2D eigenvalue weighted by Crippen LogP contribution is 2.45. The fourth-order valence-corrected chi connectivity index (χ4v) is 6.61. The largest absolute Gasteiger partial charge is 0.271 e. The third kappa shape index (κ3) is 4.92. The molecule has 3 aromatic rings. The summed E-state index contributed by atoms with van der Waals surface area (Å²) < 4.78 is 0. The Kier molecular flexibility index (Phi) is 7.07. The van der Waals surface area contributed by atoms with E-state index in [4.69, 9.17) is 28.3 Å². The number of para-hydroxylation sites is 1. The molecule has 0 spiro atoms. The Balaban J connectivity index is 1.19. The molecule has 3 heterocycles. The van der Waals surface area contributed by atoms with Gasteiger partial charge >= 0.3 is 0 Å². The van der Waals surface area contributed by atoms with E-state index in [9.17, 15) is 14.4 Å². The van der Waals surface area contributed by atoms with Crippen LogP contribution in [-0.4, -0.2) is 52.1 Å². The van der Waals surface area contributed by atoms with Crippen LogP contribution in [0.25, 0.3) is 6.08 Å². The summed E-state index contributed by atoms with van der Waals surface area (Å²) in [5, 5.41) is 17.2. The Bertz CT molecular complexity index is 1690. The smallest absolute Gasteiger partial charge is 0.264 e. The lowest BCUT2D eigenvalue weighted by Crippen LogP contribution is -2.45. The molecule has 3 amide bonds. The van der Waals surface area contributed by atoms with Crippen LogP contribution in [0.1, 0.15) is 36.4 Å². The first kappa shape index (κ1) is 27.5. The summed E-state index contributed by atoms with van der Waals surface area (Å²) in [5.41, 5.74) is 4.33. The summed E-state index contributed by atoms with van der Waals surface area (Å²) in [5.74, 6) is -1.27. The van der Waals surface area contributed by atoms with Crippen LogP contribution in [0.4, 0.5) is 5.69 Å². The number of fused-ring (bicyclic) bond motifs is 2. The molecule has 4 unspecified atom stereocenters. The van der Waals surface area contributed by atoms with Crippen molar-refractivity contribution in [2.24, 2.45) is 21.4 Å². The Labute approximate surface area is 258 Å². The van der Waals surface area contributed by atoms with Gasteiger partial charge in [-0.05, 0) is 78.4 Å². The molecule has 216 valence electrons. The molecule has 3 aliphatic heterocycles. The van der Waals surface area contributed by atoms with Crippen LogP contribution in [-0.2, 0) is 14.4 Å². The fourth-order valence-electron chi connectivity index (χ4n) is 6.36. The second-order valence-corrected chi connectivity index (χ2v) is 11.9. The molecule has 1 saturated carbocycles. The molecule has 43 heavy (non-hydrogen) atoms. The summed E-state index contributed by atoms with van der Waals surface area (Å²) >= 11 is 12.3. The second-order valence-electron chi connectivity index (χ2n) is 11.0. The first-order chi connectivity index (χ1) is 20.9. The van der Waals surface area contributed by atoms with Crippen molar-refractivity contribution in [2.45, 2.75) is 37.4 Å². The van der Waals surface area contributed by atoms with E-state index in [-0.39, 0.29) is 24.4 Å². The molecule has 2 fully saturated rings. The molecule has 3 aromatic carbocycles. The van der Waals surface area contributed by atoms with E-state index in [0.717, 1.165) is 46.6 Å². The van der Waals surface area contributed by atoms with Crippen LogP contribution < -0.4 is 4.90 Å². The van der Waals surface area contributed by atoms with Crippen LogP contribution in [0.2, 0.25) is 10.0 Å². The van der Waals surface area contributed by atoms with Crippen molar-refractivity contribution in [2.75, 3.05) is 11.4 Å². The predicted molar refractivity (Wildman–Crippen MR) is 163 cm³/mol. The molecule has 0 N–H and O–H groups in total. The van der Waals surface area contributed by atoms with Gasteiger partial charge < -0.3 is 0 Å². The van der Waals surface area contributed by atoms with Crippen molar-refractivity contribution in [1.29, 1.82) is 0 Å². The number of carbonyl (C=O) groups is 3. The number of carbonyl (C=O) groups excluding carboxylic acids is 3. The van der Waals surface area contributed by atoms with Gasteiger partial charge in [-0.15, -0.1) is 0 Å². The molecule has 1 saturated heterocycles. The van der Waals surface area contributed by atoms with Crippen molar-refractivity contribution < 1.29 is 14.4 Å². The topological polar surface area (TPSA) is 98.0 Å². The molecule has 4 aliphatic rings. The van der Waals surface area contributed by atoms with Gasteiger partial charge in [0.15, 0.2) is 12.1 Å². The van der Waals surface area contributed by atoms with Crippen LogP contribution in [0.15, 0.2) is 99.9 Å². The number of amides is 3. The van der Waals surface area contributed by atoms with Crippen LogP contribution in [0.5, 0.6) is 0 Å². The van der Waals surface area contributed by atoms with Crippen molar-refractivity contribution in [1.82, 2.24) is 10.0 Å². The van der Waals surface area contributed by atoms with Crippen LogP contribution in [0, 0.1) is 5.92 Å². The van der Waals surface area contributed by atoms with E-state index >= 15 is 0 Å². The molecular weight excluding hydrogens is 587 g/mol. The molecule has 9 nitrogen and oxygen atoms in total. The van der Waals surface area contributed by atoms with Crippen molar-refractivity contribution in [3.05, 3.63) is 106 Å². The number of allylic oxidation sites excluding steroid dienone is 1. The Morgan fingerprint density at radius 2 is 1.58 bits per heavy atom. The highest BCUT2D eigenvalue weighted by Gasteiger charge is 2.55. The fraction of sp³-hybridized carbons (Fsp3) is 0.250. The zero-order valence-corrected chi connectivity index (χ0v) is 24.4. The van der Waals surface area contributed by atoms with Crippen molar-refractivity contribution in [3.63, 3.8) is 0 Å². The normalized spacial score (nSPS) is 25.4. The Morgan fingerprint density at radius 3 is 2.30 bits per heavy atom. The third-order valence-corrected chi connectivity index (χ3v) is 8.85. The van der Waals surface area contributed by atoms with Crippen molar-refractivity contribution >= 4 is 58.4 Å². The lowest BCUT2D eigenvalue weighted by atomic mass is 9.77. The van der Waals surface area contributed by atoms with Gasteiger partial charge in [-0.2, -0.15) is 10.2 Å². The number of hydrogen-bond donors (Lipinski definition) is 0. The van der Waals surface area contributed by atoms with Gasteiger partial charge in [0, 0.05) is 16.0 Å². The van der Waals surface area contributed by atoms with E-state index in [1.54, 1.807) is 24.3 Å². The lowest BCUT2D eigenvalue weighted by Gasteiger charge is -2.30. The first-order valence-electron chi connectivity index (χ1n) is 14.1. The number of imide groups is 1. The van der Waals surface area contributed by atoms with Crippen LogP contribution >= 0.6 is 23.2 Å². The highest BCUT2D eigenvalue weighted by molar-refractivity contribution is 6.31. The van der Waals surface area contributed by atoms with Gasteiger partial charge in [0.25, 0.3) is 17.7 Å². The molecule has 4 atom stereocenters. The SMILES string of the molecule is O=C1C2N=NN(CC(=O)N3N=C4/C(=C\c5ccc(Cl)cc5)CCCC4C3c3ccc(Cl)cc3)C2C(=O)N1c1ccccc1. The van der Waals surface area contributed by atoms with Gasteiger partial charge in [0.1, 0.15) is 6.54 Å². The summed E-state index contributed by atoms with van der Waals surface area (Å²) in [6, 6.07) is 21.5. The first-order valence-corrected chi connectivity index (χ1v) is 14.9. The van der Waals surface area contributed by atoms with E-state index in [1.807, 2.05) is 54.6 Å². The predicted octanol–water partition coefficient (Wildman–Crippen LogP) is 6.11. The molecule has 0 aromatic heterocycles. The summed E-state index contributed by atoms with van der Waals surface area (Å²) in [7, 11) is 0. The van der Waals surface area contributed by atoms with E-state index in [0.29, 0.717) is 15.7 Å². The zero-order chi connectivity index (χ0) is 29.7. The maximum atomic E-state index is 14.0. The third-order valence-electron chi connectivity index (χ3n) is 8.35. The number of nitrogens with zero attached hydrogens (tertiary/aromatic N) is 6. The maximum absolute atomic E-state index is 14.0. The lowest BCUT2D eigenvalue weighted by molar-refractivity contribution is -0.136. The number of anilines is 1. The molecule has 7 rings (SSSR count). The van der Waals surface area contributed by atoms with Gasteiger partial charge in [0.2, 0.25) is 0 Å². The minimum Gasteiger partial charge on any atom is -0.271 e. The Morgan fingerprint density at radius 1 is 0.884 bits per heavy atom. The second kappa shape index (κ2) is 11.1. The molecular formula is C32H26Cl2N6O3. The average molecular weight is 614 g/mol. The number of rotatable bonds is 5. The number of hydrogen-bond acceptors (Lipinski definition) is 7. The summed E-state index contributed by atoms with van der Waals surface area (Å²) in [6.07, 6.45) is 4.75.